The molecule has 0 saturated carbocycles. The molecular formula is C31H49NO9. The van der Waals surface area contributed by atoms with Gasteiger partial charge in [0, 0.05) is 11.8 Å². The largest absolute Gasteiger partial charge is 0.508 e. The van der Waals surface area contributed by atoms with Gasteiger partial charge >= 0.3 is 24.1 Å². The zero-order valence-electron chi connectivity index (χ0n) is 25.8. The second-order valence-electron chi connectivity index (χ2n) is 11.0. The van der Waals surface area contributed by atoms with Gasteiger partial charge in [-0.15, -0.1) is 0 Å². The molecule has 0 saturated heterocycles. The number of rotatable bonds is 17. The molecule has 0 spiro atoms. The minimum atomic E-state index is -1.38. The molecule has 0 radical (unpaired) electrons. The smallest absolute Gasteiger partial charge is 0.480 e. The Morgan fingerprint density at radius 2 is 1.29 bits per heavy atom. The van der Waals surface area contributed by atoms with Crippen LogP contribution in [0.3, 0.4) is 0 Å². The Morgan fingerprint density at radius 1 is 0.780 bits per heavy atom. The fraction of sp³-hybridized carbons (Fsp3) is 0.677. The van der Waals surface area contributed by atoms with E-state index in [1.54, 1.807) is 40.7 Å². The monoisotopic (exact) mass is 579 g/mol. The van der Waals surface area contributed by atoms with Crippen molar-refractivity contribution in [2.75, 3.05) is 0 Å². The summed E-state index contributed by atoms with van der Waals surface area (Å²) >= 11 is 0. The lowest BCUT2D eigenvalue weighted by molar-refractivity contribution is -0.141. The van der Waals surface area contributed by atoms with E-state index >= 15 is 0 Å². The number of hydrogen-bond donors (Lipinski definition) is 2. The van der Waals surface area contributed by atoms with Gasteiger partial charge in [0.2, 0.25) is 0 Å². The van der Waals surface area contributed by atoms with Gasteiger partial charge in [0.25, 0.3) is 0 Å². The lowest BCUT2D eigenvalue weighted by Crippen LogP contribution is -2.43. The van der Waals surface area contributed by atoms with Crippen molar-refractivity contribution in [1.82, 2.24) is 0 Å². The number of esters is 2. The highest BCUT2D eigenvalue weighted by Crippen LogP contribution is 2.38. The van der Waals surface area contributed by atoms with Gasteiger partial charge in [-0.3, -0.25) is 14.4 Å². The number of carbonyl (C=O) groups excluding carboxylic acids is 3. The summed E-state index contributed by atoms with van der Waals surface area (Å²) in [6.07, 6.45) is 2.37. The maximum absolute atomic E-state index is 12.8. The van der Waals surface area contributed by atoms with Gasteiger partial charge in [-0.1, -0.05) is 66.9 Å². The molecule has 0 heterocycles. The summed E-state index contributed by atoms with van der Waals surface area (Å²) in [5.74, 6) is -4.42. The first-order valence-corrected chi connectivity index (χ1v) is 14.7. The Labute approximate surface area is 244 Å². The Balaban J connectivity index is 3.44. The van der Waals surface area contributed by atoms with Crippen molar-refractivity contribution in [3.8, 4) is 11.5 Å². The molecule has 0 fully saturated rings. The summed E-state index contributed by atoms with van der Waals surface area (Å²) in [5.41, 5.74) is 6.57. The summed E-state index contributed by atoms with van der Waals surface area (Å²) in [5, 5.41) is 9.82. The van der Waals surface area contributed by atoms with Gasteiger partial charge in [-0.2, -0.15) is 0 Å². The van der Waals surface area contributed by atoms with Crippen LogP contribution in [0.1, 0.15) is 105 Å². The quantitative estimate of drug-likeness (QED) is 0.160. The zero-order valence-corrected chi connectivity index (χ0v) is 25.8. The SMILES string of the molecule is CCCC(C)OC(=O)OC(C)C(C)C(c1ccc(OC(=O)C(C)CCC)c(OC(=O)C(C)CCC)c1)[C@H](N)C(=O)O. The zero-order chi connectivity index (χ0) is 31.3. The van der Waals surface area contributed by atoms with Crippen LogP contribution >= 0.6 is 0 Å². The maximum atomic E-state index is 12.8. The van der Waals surface area contributed by atoms with Crippen molar-refractivity contribution in [3.05, 3.63) is 23.8 Å². The number of hydrogen-bond acceptors (Lipinski definition) is 9. The summed E-state index contributed by atoms with van der Waals surface area (Å²) < 4.78 is 22.1. The Morgan fingerprint density at radius 3 is 1.78 bits per heavy atom. The van der Waals surface area contributed by atoms with E-state index in [0.717, 1.165) is 19.3 Å². The number of aliphatic carboxylic acids is 1. The van der Waals surface area contributed by atoms with Crippen LogP contribution in [0.25, 0.3) is 0 Å². The molecule has 0 amide bonds. The Kier molecular flexibility index (Phi) is 15.4. The lowest BCUT2D eigenvalue weighted by atomic mass is 9.79. The molecule has 0 aliphatic rings. The molecule has 1 aromatic carbocycles. The third-order valence-electron chi connectivity index (χ3n) is 7.28. The van der Waals surface area contributed by atoms with E-state index in [2.05, 4.69) is 0 Å². The van der Waals surface area contributed by atoms with Crippen LogP contribution in [-0.2, 0) is 23.9 Å². The van der Waals surface area contributed by atoms with Crippen molar-refractivity contribution >= 4 is 24.1 Å². The van der Waals surface area contributed by atoms with Crippen LogP contribution in [0.2, 0.25) is 0 Å². The van der Waals surface area contributed by atoms with Crippen molar-refractivity contribution in [3.63, 3.8) is 0 Å². The first-order valence-electron chi connectivity index (χ1n) is 14.7. The van der Waals surface area contributed by atoms with E-state index in [1.165, 1.54) is 12.1 Å². The van der Waals surface area contributed by atoms with Crippen LogP contribution in [0.15, 0.2) is 18.2 Å². The van der Waals surface area contributed by atoms with E-state index in [4.69, 9.17) is 24.7 Å². The van der Waals surface area contributed by atoms with E-state index in [9.17, 15) is 24.3 Å². The van der Waals surface area contributed by atoms with E-state index in [-0.39, 0.29) is 23.5 Å². The predicted octanol–water partition coefficient (Wildman–Crippen LogP) is 6.23. The molecule has 7 atom stereocenters. The van der Waals surface area contributed by atoms with Gasteiger partial charge in [0.1, 0.15) is 18.2 Å². The van der Waals surface area contributed by atoms with Gasteiger partial charge in [0.05, 0.1) is 11.8 Å². The molecule has 0 bridgehead atoms. The normalized spacial score (nSPS) is 16.3. The number of carboxylic acid groups (broad SMARTS) is 1. The number of carboxylic acids is 1. The van der Waals surface area contributed by atoms with Gasteiger partial charge in [-0.25, -0.2) is 4.79 Å². The molecule has 10 heteroatoms. The van der Waals surface area contributed by atoms with Crippen LogP contribution in [-0.4, -0.2) is 47.4 Å². The second-order valence-corrected chi connectivity index (χ2v) is 11.0. The van der Waals surface area contributed by atoms with Gasteiger partial charge in [0.15, 0.2) is 11.5 Å². The van der Waals surface area contributed by atoms with Crippen LogP contribution < -0.4 is 15.2 Å². The van der Waals surface area contributed by atoms with Gasteiger partial charge in [-0.05, 0) is 50.8 Å². The fourth-order valence-corrected chi connectivity index (χ4v) is 4.62. The molecule has 0 aliphatic carbocycles. The number of nitrogens with two attached hydrogens (primary N) is 1. The van der Waals surface area contributed by atoms with E-state index in [1.807, 2.05) is 20.8 Å². The van der Waals surface area contributed by atoms with E-state index < -0.39 is 54.0 Å². The number of ether oxygens (including phenoxy) is 4. The molecule has 3 N–H and O–H groups in total. The standard InChI is InChI=1S/C31H49NO9/c1-9-12-18(4)29(35)40-24-16-15-23(17-25(24)41-30(36)19(5)13-10-2)26(27(32)28(33)34)21(7)22(8)39-31(37)38-20(6)14-11-3/h15-22,26-27H,9-14,32H2,1-8H3,(H,33,34)/t18?,19?,20?,21?,22?,26?,27-/m0/s1. The molecular weight excluding hydrogens is 530 g/mol. The number of benzene rings is 1. The van der Waals surface area contributed by atoms with Crippen molar-refractivity contribution in [2.24, 2.45) is 23.5 Å². The van der Waals surface area contributed by atoms with Crippen molar-refractivity contribution in [1.29, 1.82) is 0 Å². The van der Waals surface area contributed by atoms with Crippen molar-refractivity contribution < 1.29 is 43.2 Å². The van der Waals surface area contributed by atoms with Gasteiger partial charge < -0.3 is 29.8 Å². The Bertz CT molecular complexity index is 1010. The summed E-state index contributed by atoms with van der Waals surface area (Å²) in [6.45, 7) is 14.5. The third-order valence-corrected chi connectivity index (χ3v) is 7.28. The molecule has 41 heavy (non-hydrogen) atoms. The highest BCUT2D eigenvalue weighted by Gasteiger charge is 2.36. The summed E-state index contributed by atoms with van der Waals surface area (Å²) in [6, 6.07) is 3.14. The van der Waals surface area contributed by atoms with Crippen LogP contribution in [0.5, 0.6) is 11.5 Å². The molecule has 6 unspecified atom stereocenters. The fourth-order valence-electron chi connectivity index (χ4n) is 4.62. The predicted molar refractivity (Wildman–Crippen MR) is 155 cm³/mol. The summed E-state index contributed by atoms with van der Waals surface area (Å²) in [7, 11) is 0. The molecule has 0 aromatic heterocycles. The minimum absolute atomic E-state index is 0.0105. The molecule has 232 valence electrons. The maximum Gasteiger partial charge on any atom is 0.508 e. The minimum Gasteiger partial charge on any atom is -0.480 e. The third kappa shape index (κ3) is 11.3. The molecule has 10 nitrogen and oxygen atoms in total. The first-order chi connectivity index (χ1) is 19.3. The summed E-state index contributed by atoms with van der Waals surface area (Å²) in [4.78, 5) is 49.9. The molecule has 1 aromatic rings. The average Bonchev–Trinajstić information content (AvgIpc) is 2.89. The topological polar surface area (TPSA) is 151 Å². The molecule has 0 aliphatic heterocycles. The van der Waals surface area contributed by atoms with Crippen LogP contribution in [0.4, 0.5) is 4.79 Å². The second kappa shape index (κ2) is 17.6. The molecule has 1 rings (SSSR count). The first kappa shape index (κ1) is 35.9. The van der Waals surface area contributed by atoms with Crippen molar-refractivity contribution in [2.45, 2.75) is 118 Å². The number of carbonyl (C=O) groups is 4. The average molecular weight is 580 g/mol. The highest BCUT2D eigenvalue weighted by atomic mass is 16.7. The highest BCUT2D eigenvalue weighted by molar-refractivity contribution is 5.79. The Hall–Kier alpha value is -3.14. The van der Waals surface area contributed by atoms with E-state index in [0.29, 0.717) is 24.8 Å². The lowest BCUT2D eigenvalue weighted by Gasteiger charge is -2.32. The van der Waals surface area contributed by atoms with Crippen LogP contribution in [0, 0.1) is 17.8 Å².